The summed E-state index contributed by atoms with van der Waals surface area (Å²) in [5.41, 5.74) is 6.63. The average Bonchev–Trinajstić information content (AvgIpc) is 3.62. The van der Waals surface area contributed by atoms with Crippen LogP contribution in [0.1, 0.15) is 55.4 Å². The zero-order chi connectivity index (χ0) is 27.4. The van der Waals surface area contributed by atoms with E-state index in [0.29, 0.717) is 50.8 Å². The summed E-state index contributed by atoms with van der Waals surface area (Å²) in [5.74, 6) is 0.462. The van der Waals surface area contributed by atoms with Gasteiger partial charge in [0.05, 0.1) is 12.6 Å². The second kappa shape index (κ2) is 12.0. The molecular weight excluding hydrogens is 500 g/mol. The summed E-state index contributed by atoms with van der Waals surface area (Å²) in [6.45, 7) is 3.28. The van der Waals surface area contributed by atoms with Crippen LogP contribution in [0.5, 0.6) is 11.5 Å². The van der Waals surface area contributed by atoms with Gasteiger partial charge in [0.1, 0.15) is 0 Å². The molecule has 1 saturated carbocycles. The van der Waals surface area contributed by atoms with E-state index in [9.17, 15) is 18.4 Å². The van der Waals surface area contributed by atoms with Crippen molar-refractivity contribution in [1.29, 1.82) is 0 Å². The Morgan fingerprint density at radius 1 is 1.18 bits per heavy atom. The number of nitrogens with zero attached hydrogens (tertiary/aromatic N) is 4. The van der Waals surface area contributed by atoms with Gasteiger partial charge < -0.3 is 34.3 Å². The third-order valence-corrected chi connectivity index (χ3v) is 6.57. The molecule has 2 aliphatic rings. The highest BCUT2D eigenvalue weighted by Gasteiger charge is 2.31. The first-order chi connectivity index (χ1) is 18.2. The number of urea groups is 1. The number of aromatic nitrogens is 1. The van der Waals surface area contributed by atoms with Crippen LogP contribution < -0.4 is 15.2 Å². The molecule has 0 spiro atoms. The molecule has 38 heavy (non-hydrogen) atoms. The van der Waals surface area contributed by atoms with Crippen molar-refractivity contribution in [2.24, 2.45) is 11.7 Å². The highest BCUT2D eigenvalue weighted by molar-refractivity contribution is 5.94. The number of carbonyl (C=O) groups is 2. The van der Waals surface area contributed by atoms with Crippen molar-refractivity contribution in [1.82, 2.24) is 19.7 Å². The van der Waals surface area contributed by atoms with E-state index >= 15 is 0 Å². The minimum absolute atomic E-state index is 0.0575. The average molecular weight is 536 g/mol. The number of benzene rings is 1. The number of hydrogen-bond donors (Lipinski definition) is 1. The highest BCUT2D eigenvalue weighted by atomic mass is 19.3. The van der Waals surface area contributed by atoms with Gasteiger partial charge in [-0.2, -0.15) is 8.78 Å². The Kier molecular flexibility index (Phi) is 8.70. The van der Waals surface area contributed by atoms with Crippen LogP contribution in [0.3, 0.4) is 0 Å². The van der Waals surface area contributed by atoms with E-state index in [4.69, 9.17) is 14.9 Å². The lowest BCUT2D eigenvalue weighted by atomic mass is 10.2. The first-order valence-electron chi connectivity index (χ1n) is 13.0. The predicted molar refractivity (Wildman–Crippen MR) is 135 cm³/mol. The molecule has 12 heteroatoms. The second-order valence-electron chi connectivity index (χ2n) is 9.80. The molecule has 0 bridgehead atoms. The van der Waals surface area contributed by atoms with Crippen molar-refractivity contribution in [3.05, 3.63) is 29.7 Å². The molecular formula is C26H35F2N5O5. The minimum Gasteiger partial charge on any atom is -0.489 e. The van der Waals surface area contributed by atoms with E-state index < -0.39 is 12.7 Å². The molecule has 1 aromatic carbocycles. The minimum atomic E-state index is -3.00. The molecule has 1 aliphatic heterocycles. The number of ether oxygens (including phenoxy) is 2. The Labute approximate surface area is 220 Å². The number of alkyl halides is 2. The molecule has 208 valence electrons. The van der Waals surface area contributed by atoms with Gasteiger partial charge in [0.15, 0.2) is 23.0 Å². The predicted octanol–water partition coefficient (Wildman–Crippen LogP) is 3.97. The number of amides is 3. The number of hydrogen-bond acceptors (Lipinski definition) is 7. The van der Waals surface area contributed by atoms with Gasteiger partial charge in [-0.05, 0) is 50.3 Å². The van der Waals surface area contributed by atoms with Crippen LogP contribution in [0.4, 0.5) is 13.6 Å². The monoisotopic (exact) mass is 535 g/mol. The van der Waals surface area contributed by atoms with Gasteiger partial charge in [0, 0.05) is 45.3 Å². The van der Waals surface area contributed by atoms with E-state index in [2.05, 4.69) is 9.72 Å². The van der Waals surface area contributed by atoms with E-state index in [1.165, 1.54) is 18.2 Å². The lowest BCUT2D eigenvalue weighted by Crippen LogP contribution is -2.53. The van der Waals surface area contributed by atoms with Crippen molar-refractivity contribution in [3.8, 4) is 23.0 Å². The molecule has 1 saturated heterocycles. The third-order valence-electron chi connectivity index (χ3n) is 6.57. The maximum absolute atomic E-state index is 13.4. The van der Waals surface area contributed by atoms with Crippen molar-refractivity contribution in [3.63, 3.8) is 0 Å². The lowest BCUT2D eigenvalue weighted by molar-refractivity contribution is -0.0515. The van der Waals surface area contributed by atoms with E-state index in [1.54, 1.807) is 28.7 Å². The Bertz CT molecular complexity index is 1130. The fourth-order valence-corrected chi connectivity index (χ4v) is 4.28. The smallest absolute Gasteiger partial charge is 0.387 e. The van der Waals surface area contributed by atoms with Crippen LogP contribution >= 0.6 is 0 Å². The van der Waals surface area contributed by atoms with Gasteiger partial charge in [-0.25, -0.2) is 9.78 Å². The van der Waals surface area contributed by atoms with Gasteiger partial charge in [-0.1, -0.05) is 6.92 Å². The van der Waals surface area contributed by atoms with Gasteiger partial charge in [0.2, 0.25) is 5.89 Å². The number of nitrogens with two attached hydrogens (primary N) is 1. The Balaban J connectivity index is 1.52. The fraction of sp³-hybridized carbons (Fsp3) is 0.577. The van der Waals surface area contributed by atoms with E-state index in [0.717, 1.165) is 19.3 Å². The number of piperazine rings is 1. The first kappa shape index (κ1) is 27.6. The molecule has 2 heterocycles. The molecule has 0 unspecified atom stereocenters. The van der Waals surface area contributed by atoms with Crippen LogP contribution in [0, 0.1) is 5.92 Å². The van der Waals surface area contributed by atoms with E-state index in [-0.39, 0.29) is 40.8 Å². The molecule has 1 atom stereocenters. The Morgan fingerprint density at radius 3 is 2.47 bits per heavy atom. The van der Waals surface area contributed by atoms with Crippen molar-refractivity contribution in [2.45, 2.75) is 45.8 Å². The zero-order valence-electron chi connectivity index (χ0n) is 22.0. The van der Waals surface area contributed by atoms with Gasteiger partial charge in [-0.3, -0.25) is 4.79 Å². The van der Waals surface area contributed by atoms with Crippen molar-refractivity contribution >= 4 is 11.9 Å². The van der Waals surface area contributed by atoms with Crippen LogP contribution in [-0.2, 0) is 0 Å². The maximum Gasteiger partial charge on any atom is 0.387 e. The second-order valence-corrected chi connectivity index (χ2v) is 9.80. The molecule has 2 N–H and O–H groups in total. The number of halogens is 2. The largest absolute Gasteiger partial charge is 0.489 e. The van der Waals surface area contributed by atoms with Crippen LogP contribution in [0.2, 0.25) is 0 Å². The quantitative estimate of drug-likeness (QED) is 0.490. The van der Waals surface area contributed by atoms with Crippen LogP contribution in [0.15, 0.2) is 22.6 Å². The Morgan fingerprint density at radius 2 is 1.87 bits per heavy atom. The number of rotatable bonds is 10. The summed E-state index contributed by atoms with van der Waals surface area (Å²) in [6, 6.07) is 3.73. The molecule has 1 aliphatic carbocycles. The summed E-state index contributed by atoms with van der Waals surface area (Å²) in [7, 11) is 1.77. The van der Waals surface area contributed by atoms with Crippen molar-refractivity contribution in [2.75, 3.05) is 46.4 Å². The Hall–Kier alpha value is -3.41. The third kappa shape index (κ3) is 6.53. The van der Waals surface area contributed by atoms with Crippen molar-refractivity contribution < 1.29 is 32.3 Å². The molecule has 0 radical (unpaired) electrons. The number of oxazole rings is 1. The molecule has 3 amide bonds. The van der Waals surface area contributed by atoms with Gasteiger partial charge in [-0.15, -0.1) is 0 Å². The van der Waals surface area contributed by atoms with Gasteiger partial charge in [0.25, 0.3) is 5.91 Å². The number of carbonyl (C=O) groups excluding carboxylic acids is 2. The van der Waals surface area contributed by atoms with Crippen LogP contribution in [-0.4, -0.2) is 84.6 Å². The molecule has 2 fully saturated rings. The summed E-state index contributed by atoms with van der Waals surface area (Å²) in [6.07, 6.45) is 2.93. The summed E-state index contributed by atoms with van der Waals surface area (Å²) >= 11 is 0. The normalized spacial score (nSPS) is 16.5. The first-order valence-corrected chi connectivity index (χ1v) is 13.0. The SMILES string of the molecule is CCCN(C)C(=O)N1CCN(C(=O)c2nc(-c3ccc(OC(F)F)c(OCC4CC4)c3)oc2[C@H](C)N)CC1. The molecule has 10 nitrogen and oxygen atoms in total. The van der Waals surface area contributed by atoms with Gasteiger partial charge >= 0.3 is 12.6 Å². The highest BCUT2D eigenvalue weighted by Crippen LogP contribution is 2.37. The summed E-state index contributed by atoms with van der Waals surface area (Å²) in [4.78, 5) is 35.5. The molecule has 1 aromatic heterocycles. The molecule has 2 aromatic rings. The van der Waals surface area contributed by atoms with Crippen LogP contribution in [0.25, 0.3) is 11.5 Å². The zero-order valence-corrected chi connectivity index (χ0v) is 22.0. The summed E-state index contributed by atoms with van der Waals surface area (Å²) in [5, 5.41) is 0. The fourth-order valence-electron chi connectivity index (χ4n) is 4.28. The topological polar surface area (TPSA) is 114 Å². The lowest BCUT2D eigenvalue weighted by Gasteiger charge is -2.36. The maximum atomic E-state index is 13.4. The summed E-state index contributed by atoms with van der Waals surface area (Å²) < 4.78 is 42.1. The standard InChI is InChI=1S/C26H35F2N5O5/c1-4-9-31(3)26(35)33-12-10-32(11-13-33)24(34)21-22(16(2)29)38-23(30-21)18-7-8-19(37-25(27)28)20(14-18)36-15-17-5-6-17/h7-8,14,16-17,25H,4-6,9-13,15,29H2,1-3H3/t16-/m0/s1. The van der Waals surface area contributed by atoms with E-state index in [1.807, 2.05) is 6.92 Å². The molecule has 4 rings (SSSR count).